The van der Waals surface area contributed by atoms with Gasteiger partial charge in [0.1, 0.15) is 11.9 Å². The van der Waals surface area contributed by atoms with Gasteiger partial charge in [-0.25, -0.2) is 4.99 Å². The van der Waals surface area contributed by atoms with Gasteiger partial charge in [0.2, 0.25) is 0 Å². The lowest BCUT2D eigenvalue weighted by Gasteiger charge is -2.26. The zero-order valence-electron chi connectivity index (χ0n) is 40.2. The molecule has 8 aromatic rings. The Balaban J connectivity index is 0.000000513. The summed E-state index contributed by atoms with van der Waals surface area (Å²) in [6.45, 7) is 25.9. The Bertz CT molecular complexity index is 2890. The summed E-state index contributed by atoms with van der Waals surface area (Å²) in [7, 11) is 0. The number of hydrogen-bond donors (Lipinski definition) is 2. The average Bonchev–Trinajstić information content (AvgIpc) is 3.73. The molecule has 1 aromatic heterocycles. The first kappa shape index (κ1) is 50.0. The number of hydrogen-bond acceptors (Lipinski definition) is 5. The molecule has 66 heavy (non-hydrogen) atoms. The number of benzene rings is 7. The van der Waals surface area contributed by atoms with Crippen molar-refractivity contribution in [3.8, 4) is 22.3 Å². The van der Waals surface area contributed by atoms with Crippen LogP contribution in [0.3, 0.4) is 0 Å². The molecule has 1 aliphatic rings. The minimum absolute atomic E-state index is 0.134. The molecule has 2 N–H and O–H groups in total. The van der Waals surface area contributed by atoms with Crippen molar-refractivity contribution in [1.82, 2.24) is 0 Å². The highest BCUT2D eigenvalue weighted by atomic mass is 32.1. The maximum absolute atomic E-state index is 5.52. The zero-order valence-corrected chi connectivity index (χ0v) is 41.1. The fourth-order valence-corrected chi connectivity index (χ4v) is 9.27. The van der Waals surface area contributed by atoms with Gasteiger partial charge >= 0.3 is 0 Å². The molecule has 0 saturated carbocycles. The van der Waals surface area contributed by atoms with Gasteiger partial charge in [-0.1, -0.05) is 191 Å². The van der Waals surface area contributed by atoms with Gasteiger partial charge in [0.25, 0.3) is 0 Å². The van der Waals surface area contributed by atoms with Crippen LogP contribution in [0.15, 0.2) is 179 Å². The summed E-state index contributed by atoms with van der Waals surface area (Å²) in [5.41, 5.74) is 16.7. The number of amidine groups is 2. The van der Waals surface area contributed by atoms with Crippen molar-refractivity contribution in [1.29, 1.82) is 5.41 Å². The molecule has 0 spiro atoms. The third-order valence-electron chi connectivity index (χ3n) is 11.1. The second kappa shape index (κ2) is 24.9. The van der Waals surface area contributed by atoms with Crippen molar-refractivity contribution >= 4 is 52.2 Å². The maximum atomic E-state index is 5.52. The van der Waals surface area contributed by atoms with Crippen LogP contribution in [0.25, 0.3) is 32.3 Å². The number of nitrogens with zero attached hydrogens (tertiary/aromatic N) is 3. The van der Waals surface area contributed by atoms with E-state index in [0.717, 1.165) is 28.2 Å². The number of rotatable bonds is 7. The third kappa shape index (κ3) is 11.8. The number of fused-ring (bicyclic) bond motifs is 3. The molecule has 0 aliphatic carbocycles. The van der Waals surface area contributed by atoms with E-state index in [1.165, 1.54) is 77.0 Å². The molecular weight excluding hydrogens is 823 g/mol. The van der Waals surface area contributed by atoms with Crippen molar-refractivity contribution in [3.63, 3.8) is 0 Å². The summed E-state index contributed by atoms with van der Waals surface area (Å²) in [5.74, 6) is 1.53. The van der Waals surface area contributed by atoms with Crippen LogP contribution in [0.2, 0.25) is 0 Å². The summed E-state index contributed by atoms with van der Waals surface area (Å²) in [6, 6.07) is 57.3. The quantitative estimate of drug-likeness (QED) is 0.121. The van der Waals surface area contributed by atoms with Crippen molar-refractivity contribution in [2.24, 2.45) is 15.0 Å². The summed E-state index contributed by atoms with van der Waals surface area (Å²) in [4.78, 5) is 15.9. The van der Waals surface area contributed by atoms with Crippen LogP contribution in [-0.2, 0) is 6.54 Å². The summed E-state index contributed by atoms with van der Waals surface area (Å²) in [5, 5.41) is 10.5. The molecule has 6 heteroatoms. The summed E-state index contributed by atoms with van der Waals surface area (Å²) < 4.78 is 1.26. The third-order valence-corrected chi connectivity index (χ3v) is 12.4. The van der Waals surface area contributed by atoms with E-state index in [9.17, 15) is 0 Å². The van der Waals surface area contributed by atoms with Crippen molar-refractivity contribution in [2.45, 2.75) is 81.3 Å². The first-order chi connectivity index (χ1) is 32.2. The van der Waals surface area contributed by atoms with Crippen molar-refractivity contribution in [3.05, 3.63) is 219 Å². The van der Waals surface area contributed by atoms with Gasteiger partial charge in [-0.2, -0.15) is 0 Å². The predicted molar refractivity (Wildman–Crippen MR) is 291 cm³/mol. The number of nitrogens with one attached hydrogen (secondary N) is 2. The standard InChI is InChI=1S/C47H40N4S.C7H8.C3H8.C2H6.CH3N/c1-29-15-9-10-20-36(29)38-22-14-23-39(32(38)4)43-45-44(40-21-11-12-24-41(40)52-45)51-47(50-43)34-25-26-37(31(3)27-34)42-30(2)16-13-19-35(42)28-49-46(48-5)33-17-7-6-8-18-33;1-7-5-3-2-4-6-7;1-3-2;2*1-2/h6-27,43H,5,28H2,1-4H3,(H,50,51);2-6H,1H3;3H2,1-2H3;1-2H3;2H,1H2. The van der Waals surface area contributed by atoms with E-state index in [2.05, 4.69) is 187 Å². The summed E-state index contributed by atoms with van der Waals surface area (Å²) in [6.07, 6.45) is 1.25. The predicted octanol–water partition coefficient (Wildman–Crippen LogP) is 16.8. The molecule has 1 unspecified atom stereocenters. The number of thiophene rings is 1. The lowest BCUT2D eigenvalue weighted by molar-refractivity contribution is 0.876. The van der Waals surface area contributed by atoms with E-state index in [0.29, 0.717) is 12.4 Å². The summed E-state index contributed by atoms with van der Waals surface area (Å²) >= 11 is 1.84. The van der Waals surface area contributed by atoms with Crippen LogP contribution >= 0.6 is 11.3 Å². The smallest absolute Gasteiger partial charge is 0.154 e. The second-order valence-electron chi connectivity index (χ2n) is 15.8. The number of anilines is 1. The molecule has 9 rings (SSSR count). The lowest BCUT2D eigenvalue weighted by Crippen LogP contribution is -2.21. The lowest BCUT2D eigenvalue weighted by atomic mass is 9.89. The van der Waals surface area contributed by atoms with Gasteiger partial charge in [0, 0.05) is 21.2 Å². The SMILES string of the molecule is C=N.C=NC(=NCc1cccc(C)c1-c1ccc(C2=NC(c3cccc(-c4ccccc4C)c3C)c3sc4ccccc4c3N2)cc1C)c1ccccc1.CC.CCC.Cc1ccccc1. The Morgan fingerprint density at radius 1 is 0.652 bits per heavy atom. The van der Waals surface area contributed by atoms with E-state index >= 15 is 0 Å². The van der Waals surface area contributed by atoms with Crippen LogP contribution in [0.5, 0.6) is 0 Å². The Kier molecular flexibility index (Phi) is 18.8. The van der Waals surface area contributed by atoms with Gasteiger partial charge in [-0.3, -0.25) is 9.98 Å². The van der Waals surface area contributed by atoms with Gasteiger partial charge in [0.05, 0.1) is 17.1 Å². The van der Waals surface area contributed by atoms with Gasteiger partial charge in [-0.15, -0.1) is 11.3 Å². The molecule has 7 aromatic carbocycles. The molecule has 0 fully saturated rings. The van der Waals surface area contributed by atoms with Crippen LogP contribution < -0.4 is 5.32 Å². The Morgan fingerprint density at radius 3 is 1.91 bits per heavy atom. The van der Waals surface area contributed by atoms with Gasteiger partial charge in [0.15, 0.2) is 5.84 Å². The number of aryl methyl sites for hydroxylation is 4. The van der Waals surface area contributed by atoms with E-state index in [1.54, 1.807) is 0 Å². The van der Waals surface area contributed by atoms with Crippen LogP contribution in [0.4, 0.5) is 5.69 Å². The minimum Gasteiger partial charge on any atom is -0.339 e. The molecule has 0 amide bonds. The molecule has 1 atom stereocenters. The van der Waals surface area contributed by atoms with Crippen LogP contribution in [0.1, 0.15) is 95.1 Å². The fourth-order valence-electron chi connectivity index (χ4n) is 8.05. The van der Waals surface area contributed by atoms with Crippen molar-refractivity contribution in [2.75, 3.05) is 5.32 Å². The molecule has 5 nitrogen and oxygen atoms in total. The van der Waals surface area contributed by atoms with E-state index in [-0.39, 0.29) is 6.04 Å². The van der Waals surface area contributed by atoms with Gasteiger partial charge < -0.3 is 10.7 Å². The van der Waals surface area contributed by atoms with E-state index in [1.807, 2.05) is 73.7 Å². The van der Waals surface area contributed by atoms with Crippen LogP contribution in [0, 0.1) is 40.0 Å². The molecule has 1 aliphatic heterocycles. The Hall–Kier alpha value is -7.02. The molecule has 0 saturated heterocycles. The number of aliphatic imine (C=N–C) groups is 3. The molecule has 0 radical (unpaired) electrons. The second-order valence-corrected chi connectivity index (χ2v) is 16.9. The van der Waals surface area contributed by atoms with E-state index in [4.69, 9.17) is 15.4 Å². The largest absolute Gasteiger partial charge is 0.339 e. The van der Waals surface area contributed by atoms with Gasteiger partial charge in [-0.05, 0) is 116 Å². The highest BCUT2D eigenvalue weighted by Gasteiger charge is 2.30. The normalized spacial score (nSPS) is 12.5. The highest BCUT2D eigenvalue weighted by molar-refractivity contribution is 7.20. The Labute approximate surface area is 398 Å². The zero-order chi connectivity index (χ0) is 47.6. The average molecular weight is 888 g/mol. The van der Waals surface area contributed by atoms with Crippen molar-refractivity contribution < 1.29 is 0 Å². The first-order valence-electron chi connectivity index (χ1n) is 22.9. The molecule has 0 bridgehead atoms. The molecular formula is C60H65N5S. The highest BCUT2D eigenvalue weighted by Crippen LogP contribution is 2.47. The monoisotopic (exact) mass is 887 g/mol. The minimum atomic E-state index is -0.134. The van der Waals surface area contributed by atoms with Crippen LogP contribution in [-0.4, -0.2) is 25.1 Å². The first-order valence-corrected chi connectivity index (χ1v) is 23.7. The van der Waals surface area contributed by atoms with E-state index < -0.39 is 0 Å². The molecule has 2 heterocycles. The Morgan fingerprint density at radius 2 is 1.26 bits per heavy atom. The maximum Gasteiger partial charge on any atom is 0.154 e. The fraction of sp³-hybridized carbons (Fsp3) is 0.200. The topological polar surface area (TPSA) is 73.0 Å². The molecule has 336 valence electrons.